The Labute approximate surface area is 137 Å². The largest absolute Gasteiger partial charge is 0.347 e. The van der Waals surface area contributed by atoms with Crippen LogP contribution in [0.1, 0.15) is 10.7 Å². The number of benzene rings is 1. The number of thiazole rings is 1. The van der Waals surface area contributed by atoms with E-state index in [4.69, 9.17) is 0 Å². The predicted molar refractivity (Wildman–Crippen MR) is 90.4 cm³/mol. The predicted octanol–water partition coefficient (Wildman–Crippen LogP) is 2.47. The van der Waals surface area contributed by atoms with Crippen molar-refractivity contribution < 1.29 is 9.59 Å². The number of thioether (sulfide) groups is 1. The third-order valence-corrected chi connectivity index (χ3v) is 4.62. The molecule has 0 radical (unpaired) electrons. The van der Waals surface area contributed by atoms with Crippen molar-refractivity contribution in [2.45, 2.75) is 18.2 Å². The van der Waals surface area contributed by atoms with Crippen molar-refractivity contribution in [3.8, 4) is 0 Å². The Morgan fingerprint density at radius 3 is 2.55 bits per heavy atom. The van der Waals surface area contributed by atoms with Crippen LogP contribution < -0.4 is 10.6 Å². The SMILES string of the molecule is CSc1ccc(NC(=O)C(=O)NCCc2nc(C)cs2)cc1. The standard InChI is InChI=1S/C15H17N3O2S2/c1-10-9-22-13(17-10)7-8-16-14(19)15(20)18-11-3-5-12(21-2)6-4-11/h3-6,9H,7-8H2,1-2H3,(H,16,19)(H,18,20). The van der Waals surface area contributed by atoms with Gasteiger partial charge in [0, 0.05) is 34.6 Å². The maximum Gasteiger partial charge on any atom is 0.313 e. The van der Waals surface area contributed by atoms with E-state index in [0.717, 1.165) is 15.6 Å². The van der Waals surface area contributed by atoms with Gasteiger partial charge in [0.2, 0.25) is 0 Å². The van der Waals surface area contributed by atoms with Crippen LogP contribution in [0.4, 0.5) is 5.69 Å². The summed E-state index contributed by atoms with van der Waals surface area (Å²) >= 11 is 3.17. The highest BCUT2D eigenvalue weighted by molar-refractivity contribution is 7.98. The lowest BCUT2D eigenvalue weighted by Crippen LogP contribution is -2.36. The molecule has 2 N–H and O–H groups in total. The van der Waals surface area contributed by atoms with E-state index in [1.165, 1.54) is 0 Å². The van der Waals surface area contributed by atoms with Crippen LogP contribution >= 0.6 is 23.1 Å². The van der Waals surface area contributed by atoms with Crippen molar-refractivity contribution in [3.63, 3.8) is 0 Å². The first-order valence-corrected chi connectivity index (χ1v) is 8.83. The van der Waals surface area contributed by atoms with E-state index in [-0.39, 0.29) is 0 Å². The summed E-state index contributed by atoms with van der Waals surface area (Å²) in [4.78, 5) is 28.9. The van der Waals surface area contributed by atoms with E-state index >= 15 is 0 Å². The Hall–Kier alpha value is -1.86. The topological polar surface area (TPSA) is 71.1 Å². The molecule has 2 rings (SSSR count). The number of hydrogen-bond donors (Lipinski definition) is 2. The average Bonchev–Trinajstić information content (AvgIpc) is 2.93. The number of amides is 2. The highest BCUT2D eigenvalue weighted by Gasteiger charge is 2.13. The summed E-state index contributed by atoms with van der Waals surface area (Å²) in [5, 5.41) is 8.08. The Morgan fingerprint density at radius 1 is 1.23 bits per heavy atom. The van der Waals surface area contributed by atoms with Gasteiger partial charge in [0.05, 0.1) is 5.01 Å². The molecule has 0 spiro atoms. The van der Waals surface area contributed by atoms with Crippen molar-refractivity contribution >= 4 is 40.6 Å². The Kier molecular flexibility index (Phi) is 5.97. The van der Waals surface area contributed by atoms with Gasteiger partial charge >= 0.3 is 11.8 Å². The van der Waals surface area contributed by atoms with Gasteiger partial charge in [-0.3, -0.25) is 9.59 Å². The van der Waals surface area contributed by atoms with Crippen molar-refractivity contribution in [1.29, 1.82) is 0 Å². The van der Waals surface area contributed by atoms with Gasteiger partial charge in [0.15, 0.2) is 0 Å². The minimum Gasteiger partial charge on any atom is -0.347 e. The third kappa shape index (κ3) is 4.85. The number of anilines is 1. The molecule has 1 aromatic heterocycles. The van der Waals surface area contributed by atoms with Crippen LogP contribution in [-0.4, -0.2) is 29.6 Å². The minimum atomic E-state index is -0.660. The van der Waals surface area contributed by atoms with Crippen molar-refractivity contribution in [2.75, 3.05) is 18.1 Å². The van der Waals surface area contributed by atoms with E-state index in [0.29, 0.717) is 18.7 Å². The molecule has 0 fully saturated rings. The van der Waals surface area contributed by atoms with Gasteiger partial charge in [-0.2, -0.15) is 0 Å². The van der Waals surface area contributed by atoms with Crippen LogP contribution in [0.3, 0.4) is 0 Å². The number of aryl methyl sites for hydroxylation is 1. The first-order chi connectivity index (χ1) is 10.6. The van der Waals surface area contributed by atoms with Gasteiger partial charge in [-0.1, -0.05) is 0 Å². The summed E-state index contributed by atoms with van der Waals surface area (Å²) in [5.74, 6) is -1.30. The van der Waals surface area contributed by atoms with Crippen molar-refractivity contribution in [3.05, 3.63) is 40.3 Å². The molecule has 7 heteroatoms. The maximum absolute atomic E-state index is 11.8. The van der Waals surface area contributed by atoms with Gasteiger partial charge in [-0.05, 0) is 37.4 Å². The van der Waals surface area contributed by atoms with Crippen LogP contribution in [-0.2, 0) is 16.0 Å². The molecular weight excluding hydrogens is 318 g/mol. The van der Waals surface area contributed by atoms with Crippen LogP contribution in [0.2, 0.25) is 0 Å². The van der Waals surface area contributed by atoms with E-state index < -0.39 is 11.8 Å². The van der Waals surface area contributed by atoms with Gasteiger partial charge < -0.3 is 10.6 Å². The summed E-state index contributed by atoms with van der Waals surface area (Å²) in [7, 11) is 0. The number of aromatic nitrogens is 1. The monoisotopic (exact) mass is 335 g/mol. The summed E-state index contributed by atoms with van der Waals surface area (Å²) < 4.78 is 0. The van der Waals surface area contributed by atoms with E-state index in [1.54, 1.807) is 35.2 Å². The Morgan fingerprint density at radius 2 is 1.95 bits per heavy atom. The summed E-state index contributed by atoms with van der Waals surface area (Å²) in [6.45, 7) is 2.32. The number of carbonyl (C=O) groups is 2. The van der Waals surface area contributed by atoms with E-state index in [1.807, 2.05) is 30.7 Å². The number of nitrogens with zero attached hydrogens (tertiary/aromatic N) is 1. The number of nitrogens with one attached hydrogen (secondary N) is 2. The highest BCUT2D eigenvalue weighted by Crippen LogP contribution is 2.17. The highest BCUT2D eigenvalue weighted by atomic mass is 32.2. The first kappa shape index (κ1) is 16.5. The van der Waals surface area contributed by atoms with Crippen LogP contribution in [0.15, 0.2) is 34.5 Å². The zero-order valence-electron chi connectivity index (χ0n) is 12.4. The second-order valence-corrected chi connectivity index (χ2v) is 6.39. The van der Waals surface area contributed by atoms with Gasteiger partial charge in [0.25, 0.3) is 0 Å². The fourth-order valence-corrected chi connectivity index (χ4v) is 2.93. The molecule has 1 aromatic carbocycles. The Balaban J connectivity index is 1.77. The van der Waals surface area contributed by atoms with Crippen LogP contribution in [0, 0.1) is 6.92 Å². The third-order valence-electron chi connectivity index (χ3n) is 2.85. The lowest BCUT2D eigenvalue weighted by molar-refractivity contribution is -0.136. The van der Waals surface area contributed by atoms with Crippen LogP contribution in [0.25, 0.3) is 0 Å². The molecule has 0 aliphatic heterocycles. The molecular formula is C15H17N3O2S2. The molecule has 1 heterocycles. The second-order valence-electron chi connectivity index (χ2n) is 4.57. The number of hydrogen-bond acceptors (Lipinski definition) is 5. The second kappa shape index (κ2) is 7.95. The fourth-order valence-electron chi connectivity index (χ4n) is 1.74. The van der Waals surface area contributed by atoms with Crippen LogP contribution in [0.5, 0.6) is 0 Å². The molecule has 0 aliphatic carbocycles. The molecule has 0 atom stereocenters. The molecule has 0 saturated carbocycles. The van der Waals surface area contributed by atoms with Gasteiger partial charge in [-0.15, -0.1) is 23.1 Å². The normalized spacial score (nSPS) is 10.3. The molecule has 5 nitrogen and oxygen atoms in total. The molecule has 2 amide bonds. The number of carbonyl (C=O) groups excluding carboxylic acids is 2. The van der Waals surface area contributed by atoms with E-state index in [9.17, 15) is 9.59 Å². The zero-order valence-corrected chi connectivity index (χ0v) is 14.0. The smallest absolute Gasteiger partial charge is 0.313 e. The van der Waals surface area contributed by atoms with Gasteiger partial charge in [0.1, 0.15) is 0 Å². The summed E-state index contributed by atoms with van der Waals surface area (Å²) in [5.41, 5.74) is 1.58. The average molecular weight is 335 g/mol. The Bertz CT molecular complexity index is 653. The van der Waals surface area contributed by atoms with Gasteiger partial charge in [-0.25, -0.2) is 4.98 Å². The molecule has 0 unspecified atom stereocenters. The lowest BCUT2D eigenvalue weighted by Gasteiger charge is -2.06. The molecule has 0 aliphatic rings. The molecule has 0 saturated heterocycles. The molecule has 2 aromatic rings. The molecule has 116 valence electrons. The summed E-state index contributed by atoms with van der Waals surface area (Å²) in [6, 6.07) is 7.33. The zero-order chi connectivity index (χ0) is 15.9. The number of rotatable bonds is 5. The summed E-state index contributed by atoms with van der Waals surface area (Å²) in [6.07, 6.45) is 2.60. The lowest BCUT2D eigenvalue weighted by atomic mass is 10.3. The molecule has 22 heavy (non-hydrogen) atoms. The first-order valence-electron chi connectivity index (χ1n) is 6.72. The quantitative estimate of drug-likeness (QED) is 0.650. The molecule has 0 bridgehead atoms. The minimum absolute atomic E-state index is 0.393. The van der Waals surface area contributed by atoms with Crippen molar-refractivity contribution in [2.24, 2.45) is 0 Å². The van der Waals surface area contributed by atoms with E-state index in [2.05, 4.69) is 15.6 Å². The van der Waals surface area contributed by atoms with Crippen molar-refractivity contribution in [1.82, 2.24) is 10.3 Å². The fraction of sp³-hybridized carbons (Fsp3) is 0.267. The maximum atomic E-state index is 11.8.